The molecule has 3 rings (SSSR count). The summed E-state index contributed by atoms with van der Waals surface area (Å²) in [4.78, 5) is 25.0. The Hall–Kier alpha value is -2.31. The number of aryl methyl sites for hydroxylation is 1. The maximum absolute atomic E-state index is 11.6. The van der Waals surface area contributed by atoms with Gasteiger partial charge in [-0.1, -0.05) is 0 Å². The van der Waals surface area contributed by atoms with Gasteiger partial charge in [0.05, 0.1) is 12.9 Å². The SMILES string of the molecule is Cc1[nH]cnc1-c1nccn1CCN1CCCOC1=O. The highest BCUT2D eigenvalue weighted by Crippen LogP contribution is 2.18. The first-order chi connectivity index (χ1) is 9.75. The molecule has 2 aromatic rings. The first-order valence-corrected chi connectivity index (χ1v) is 6.69. The molecule has 0 spiro atoms. The second-order valence-electron chi connectivity index (χ2n) is 4.78. The molecule has 0 unspecified atom stereocenters. The van der Waals surface area contributed by atoms with Gasteiger partial charge >= 0.3 is 6.09 Å². The summed E-state index contributed by atoms with van der Waals surface area (Å²) in [6, 6.07) is 0. The normalized spacial score (nSPS) is 15.4. The van der Waals surface area contributed by atoms with E-state index in [1.165, 1.54) is 0 Å². The molecule has 0 saturated carbocycles. The number of nitrogens with one attached hydrogen (secondary N) is 1. The Morgan fingerprint density at radius 2 is 2.30 bits per heavy atom. The highest BCUT2D eigenvalue weighted by molar-refractivity contribution is 5.68. The van der Waals surface area contributed by atoms with E-state index in [0.717, 1.165) is 30.2 Å². The van der Waals surface area contributed by atoms with Crippen LogP contribution in [-0.4, -0.2) is 50.2 Å². The zero-order valence-electron chi connectivity index (χ0n) is 11.4. The minimum Gasteiger partial charge on any atom is -0.449 e. The first kappa shape index (κ1) is 12.7. The summed E-state index contributed by atoms with van der Waals surface area (Å²) in [5, 5.41) is 0. The van der Waals surface area contributed by atoms with Crippen LogP contribution in [0.4, 0.5) is 4.79 Å². The molecule has 1 fully saturated rings. The number of ether oxygens (including phenoxy) is 1. The maximum atomic E-state index is 11.6. The molecule has 20 heavy (non-hydrogen) atoms. The third-order valence-electron chi connectivity index (χ3n) is 3.42. The summed E-state index contributed by atoms with van der Waals surface area (Å²) in [6.45, 7) is 4.54. The summed E-state index contributed by atoms with van der Waals surface area (Å²) >= 11 is 0. The smallest absolute Gasteiger partial charge is 0.409 e. The molecule has 7 nitrogen and oxygen atoms in total. The van der Waals surface area contributed by atoms with Gasteiger partial charge in [-0.05, 0) is 13.3 Å². The summed E-state index contributed by atoms with van der Waals surface area (Å²) in [5.41, 5.74) is 1.83. The fourth-order valence-corrected chi connectivity index (χ4v) is 2.32. The topological polar surface area (TPSA) is 76.0 Å². The van der Waals surface area contributed by atoms with Gasteiger partial charge in [0.15, 0.2) is 5.82 Å². The largest absolute Gasteiger partial charge is 0.449 e. The van der Waals surface area contributed by atoms with E-state index in [1.807, 2.05) is 17.7 Å². The standard InChI is InChI=1S/C13H17N5O2/c1-10-11(16-9-15-10)12-14-3-5-17(12)6-7-18-4-2-8-20-13(18)19/h3,5,9H,2,4,6-8H2,1H3,(H,15,16). The number of cyclic esters (lactones) is 1. The van der Waals surface area contributed by atoms with Gasteiger partial charge in [-0.3, -0.25) is 0 Å². The van der Waals surface area contributed by atoms with Gasteiger partial charge in [-0.2, -0.15) is 0 Å². The molecule has 1 N–H and O–H groups in total. The molecule has 1 aliphatic heterocycles. The molecule has 0 aliphatic carbocycles. The van der Waals surface area contributed by atoms with Crippen LogP contribution in [0.3, 0.4) is 0 Å². The summed E-state index contributed by atoms with van der Waals surface area (Å²) < 4.78 is 7.03. The van der Waals surface area contributed by atoms with Crippen molar-refractivity contribution in [2.45, 2.75) is 19.9 Å². The molecule has 1 saturated heterocycles. The van der Waals surface area contributed by atoms with Crippen molar-refractivity contribution >= 4 is 6.09 Å². The van der Waals surface area contributed by atoms with Gasteiger partial charge in [0.25, 0.3) is 0 Å². The fourth-order valence-electron chi connectivity index (χ4n) is 2.32. The number of imidazole rings is 2. The lowest BCUT2D eigenvalue weighted by molar-refractivity contribution is 0.0716. The van der Waals surface area contributed by atoms with Crippen LogP contribution in [-0.2, 0) is 11.3 Å². The van der Waals surface area contributed by atoms with Crippen molar-refractivity contribution in [1.29, 1.82) is 0 Å². The predicted octanol–water partition coefficient (Wildman–Crippen LogP) is 1.42. The van der Waals surface area contributed by atoms with Gasteiger partial charge in [-0.25, -0.2) is 14.8 Å². The van der Waals surface area contributed by atoms with Gasteiger partial charge in [0.2, 0.25) is 0 Å². The zero-order valence-corrected chi connectivity index (χ0v) is 11.4. The van der Waals surface area contributed by atoms with E-state index in [9.17, 15) is 4.79 Å². The van der Waals surface area contributed by atoms with Gasteiger partial charge < -0.3 is 19.2 Å². The number of aromatic amines is 1. The van der Waals surface area contributed by atoms with Gasteiger partial charge in [0.1, 0.15) is 5.69 Å². The van der Waals surface area contributed by atoms with E-state index in [-0.39, 0.29) is 6.09 Å². The van der Waals surface area contributed by atoms with Crippen LogP contribution in [0.15, 0.2) is 18.7 Å². The third kappa shape index (κ3) is 2.38. The highest BCUT2D eigenvalue weighted by atomic mass is 16.6. The zero-order chi connectivity index (χ0) is 13.9. The molecule has 0 bridgehead atoms. The van der Waals surface area contributed by atoms with Crippen molar-refractivity contribution in [2.24, 2.45) is 0 Å². The number of hydrogen-bond acceptors (Lipinski definition) is 4. The second kappa shape index (κ2) is 5.36. The number of rotatable bonds is 4. The molecule has 106 valence electrons. The number of hydrogen-bond donors (Lipinski definition) is 1. The third-order valence-corrected chi connectivity index (χ3v) is 3.42. The van der Waals surface area contributed by atoms with E-state index >= 15 is 0 Å². The molecular formula is C13H17N5O2. The van der Waals surface area contributed by atoms with E-state index in [1.54, 1.807) is 17.4 Å². The Morgan fingerprint density at radius 3 is 3.05 bits per heavy atom. The Kier molecular flexibility index (Phi) is 3.41. The fraction of sp³-hybridized carbons (Fsp3) is 0.462. The van der Waals surface area contributed by atoms with E-state index in [4.69, 9.17) is 4.74 Å². The molecule has 7 heteroatoms. The maximum Gasteiger partial charge on any atom is 0.409 e. The van der Waals surface area contributed by atoms with Crippen molar-refractivity contribution in [3.63, 3.8) is 0 Å². The number of nitrogens with zero attached hydrogens (tertiary/aromatic N) is 4. The monoisotopic (exact) mass is 275 g/mol. The lowest BCUT2D eigenvalue weighted by Gasteiger charge is -2.26. The quantitative estimate of drug-likeness (QED) is 0.915. The van der Waals surface area contributed by atoms with Gasteiger partial charge in [-0.15, -0.1) is 0 Å². The highest BCUT2D eigenvalue weighted by Gasteiger charge is 2.19. The predicted molar refractivity (Wildman–Crippen MR) is 72.1 cm³/mol. The molecule has 0 aromatic carbocycles. The van der Waals surface area contributed by atoms with Crippen molar-refractivity contribution < 1.29 is 9.53 Å². The lowest BCUT2D eigenvalue weighted by atomic mass is 10.3. The minimum absolute atomic E-state index is 0.228. The van der Waals surface area contributed by atoms with Crippen LogP contribution < -0.4 is 0 Å². The molecule has 0 radical (unpaired) electrons. The van der Waals surface area contributed by atoms with Crippen LogP contribution in [0, 0.1) is 6.92 Å². The van der Waals surface area contributed by atoms with Crippen molar-refractivity contribution in [3.05, 3.63) is 24.4 Å². The van der Waals surface area contributed by atoms with E-state index in [0.29, 0.717) is 19.7 Å². The summed E-state index contributed by atoms with van der Waals surface area (Å²) in [5.74, 6) is 0.814. The molecule has 0 atom stereocenters. The Bertz CT molecular complexity index is 603. The van der Waals surface area contributed by atoms with Crippen LogP contribution in [0.5, 0.6) is 0 Å². The van der Waals surface area contributed by atoms with Crippen molar-refractivity contribution in [3.8, 4) is 11.5 Å². The van der Waals surface area contributed by atoms with Crippen LogP contribution in [0.25, 0.3) is 11.5 Å². The molecule has 3 heterocycles. The molecule has 2 aromatic heterocycles. The Labute approximate surface area is 116 Å². The average Bonchev–Trinajstić information content (AvgIpc) is 3.06. The van der Waals surface area contributed by atoms with Crippen LogP contribution in [0.1, 0.15) is 12.1 Å². The van der Waals surface area contributed by atoms with E-state index < -0.39 is 0 Å². The Morgan fingerprint density at radius 1 is 1.40 bits per heavy atom. The second-order valence-corrected chi connectivity index (χ2v) is 4.78. The van der Waals surface area contributed by atoms with E-state index in [2.05, 4.69) is 15.0 Å². The number of H-pyrrole nitrogens is 1. The van der Waals surface area contributed by atoms with Crippen LogP contribution >= 0.6 is 0 Å². The minimum atomic E-state index is -0.228. The number of amides is 1. The molecule has 1 aliphatic rings. The van der Waals surface area contributed by atoms with Crippen LogP contribution in [0.2, 0.25) is 0 Å². The van der Waals surface area contributed by atoms with Crippen molar-refractivity contribution in [1.82, 2.24) is 24.4 Å². The van der Waals surface area contributed by atoms with Crippen molar-refractivity contribution in [2.75, 3.05) is 19.7 Å². The number of carbonyl (C=O) groups is 1. The average molecular weight is 275 g/mol. The molecular weight excluding hydrogens is 258 g/mol. The van der Waals surface area contributed by atoms with Gasteiger partial charge in [0, 0.05) is 37.7 Å². The summed E-state index contributed by atoms with van der Waals surface area (Å²) in [7, 11) is 0. The molecule has 1 amide bonds. The first-order valence-electron chi connectivity index (χ1n) is 6.69. The Balaban J connectivity index is 1.71. The summed E-state index contributed by atoms with van der Waals surface area (Å²) in [6.07, 6.45) is 5.97. The lowest BCUT2D eigenvalue weighted by Crippen LogP contribution is -2.39. The number of aromatic nitrogens is 4. The number of carbonyl (C=O) groups excluding carboxylic acids is 1.